The van der Waals surface area contributed by atoms with Crippen molar-refractivity contribution in [2.24, 2.45) is 0 Å². The quantitative estimate of drug-likeness (QED) is 0.646. The molecule has 2 aromatic heterocycles. The summed E-state index contributed by atoms with van der Waals surface area (Å²) in [5.41, 5.74) is 3.63. The first kappa shape index (κ1) is 16.5. The summed E-state index contributed by atoms with van der Waals surface area (Å²) in [4.78, 5) is 8.28. The second-order valence-electron chi connectivity index (χ2n) is 5.94. The summed E-state index contributed by atoms with van der Waals surface area (Å²) >= 11 is 11.9. The summed E-state index contributed by atoms with van der Waals surface area (Å²) in [5.74, 6) is 0. The zero-order valence-electron chi connectivity index (χ0n) is 13.4. The highest BCUT2D eigenvalue weighted by Crippen LogP contribution is 2.29. The van der Waals surface area contributed by atoms with Gasteiger partial charge in [-0.2, -0.15) is 5.10 Å². The third-order valence-corrected chi connectivity index (χ3v) is 4.69. The first-order valence-electron chi connectivity index (χ1n) is 8.15. The maximum atomic E-state index is 6.12. The number of ether oxygens (including phenoxy) is 1. The molecule has 25 heavy (non-hydrogen) atoms. The summed E-state index contributed by atoms with van der Waals surface area (Å²) < 4.78 is 7.68. The highest BCUT2D eigenvalue weighted by Gasteiger charge is 2.17. The molecule has 4 rings (SSSR count). The molecule has 0 radical (unpaired) electrons. The summed E-state index contributed by atoms with van der Waals surface area (Å²) in [7, 11) is 0. The van der Waals surface area contributed by atoms with Crippen molar-refractivity contribution in [1.29, 1.82) is 0 Å². The van der Waals surface area contributed by atoms with Crippen molar-refractivity contribution in [3.8, 4) is 22.4 Å². The van der Waals surface area contributed by atoms with E-state index in [0.29, 0.717) is 10.8 Å². The summed E-state index contributed by atoms with van der Waals surface area (Å²) in [6, 6.07) is 7.97. The Kier molecular flexibility index (Phi) is 4.70. The highest BCUT2D eigenvalue weighted by atomic mass is 35.5. The summed E-state index contributed by atoms with van der Waals surface area (Å²) in [6.07, 6.45) is 8.74. The number of nitrogens with zero attached hydrogens (tertiary/aromatic N) is 4. The number of benzene rings is 1. The number of hydrogen-bond donors (Lipinski definition) is 0. The van der Waals surface area contributed by atoms with Crippen LogP contribution in [0.2, 0.25) is 10.3 Å². The Morgan fingerprint density at radius 3 is 2.52 bits per heavy atom. The van der Waals surface area contributed by atoms with Crippen LogP contribution in [-0.4, -0.2) is 26.4 Å². The number of halogens is 2. The average molecular weight is 375 g/mol. The molecule has 1 aromatic carbocycles. The van der Waals surface area contributed by atoms with Crippen LogP contribution in [0.15, 0.2) is 42.9 Å². The van der Waals surface area contributed by atoms with E-state index >= 15 is 0 Å². The van der Waals surface area contributed by atoms with Crippen LogP contribution in [0.5, 0.6) is 0 Å². The monoisotopic (exact) mass is 374 g/mol. The Morgan fingerprint density at radius 2 is 1.80 bits per heavy atom. The maximum absolute atomic E-state index is 6.12. The molecule has 3 aromatic rings. The van der Waals surface area contributed by atoms with Gasteiger partial charge in [-0.25, -0.2) is 14.6 Å². The second-order valence-corrected chi connectivity index (χ2v) is 6.68. The van der Waals surface area contributed by atoms with E-state index in [4.69, 9.17) is 27.9 Å². The van der Waals surface area contributed by atoms with Gasteiger partial charge in [0.05, 0.1) is 12.4 Å². The van der Waals surface area contributed by atoms with E-state index in [2.05, 4.69) is 15.1 Å². The molecule has 0 bridgehead atoms. The lowest BCUT2D eigenvalue weighted by molar-refractivity contribution is -0.0394. The maximum Gasteiger partial charge on any atom is 0.157 e. The fourth-order valence-corrected chi connectivity index (χ4v) is 3.36. The Bertz CT molecular complexity index is 873. The first-order valence-corrected chi connectivity index (χ1v) is 8.91. The topological polar surface area (TPSA) is 52.8 Å². The molecule has 1 saturated heterocycles. The van der Waals surface area contributed by atoms with Crippen LogP contribution < -0.4 is 0 Å². The van der Waals surface area contributed by atoms with Crippen molar-refractivity contribution < 1.29 is 4.74 Å². The normalized spacial score (nSPS) is 17.6. The lowest BCUT2D eigenvalue weighted by atomic mass is 10.1. The van der Waals surface area contributed by atoms with Crippen LogP contribution in [-0.2, 0) is 4.74 Å². The first-order chi connectivity index (χ1) is 12.2. The van der Waals surface area contributed by atoms with Crippen LogP contribution in [0, 0.1) is 0 Å². The van der Waals surface area contributed by atoms with Gasteiger partial charge in [-0.15, -0.1) is 0 Å². The molecule has 1 atom stereocenters. The van der Waals surface area contributed by atoms with Gasteiger partial charge in [0.15, 0.2) is 5.15 Å². The smallest absolute Gasteiger partial charge is 0.157 e. The zero-order valence-corrected chi connectivity index (χ0v) is 14.9. The highest BCUT2D eigenvalue weighted by molar-refractivity contribution is 6.33. The van der Waals surface area contributed by atoms with Gasteiger partial charge in [-0.1, -0.05) is 47.5 Å². The summed E-state index contributed by atoms with van der Waals surface area (Å²) in [6.45, 7) is 0.803. The Morgan fingerprint density at radius 1 is 1.00 bits per heavy atom. The zero-order chi connectivity index (χ0) is 17.2. The molecule has 1 aliphatic rings. The Balaban J connectivity index is 1.57. The van der Waals surface area contributed by atoms with Crippen LogP contribution >= 0.6 is 23.2 Å². The standard InChI is InChI=1S/C18H16Cl2N4O/c19-15-10-21-17(18(20)23-15)13-6-4-12(5-7-13)14-9-22-24(11-14)16-3-1-2-8-25-16/h4-7,9-11,16H,1-3,8H2. The molecule has 0 amide bonds. The minimum Gasteiger partial charge on any atom is -0.357 e. The van der Waals surface area contributed by atoms with E-state index in [1.807, 2.05) is 41.3 Å². The molecular formula is C18H16Cl2N4O. The molecule has 1 unspecified atom stereocenters. The molecule has 0 aliphatic carbocycles. The average Bonchev–Trinajstić information content (AvgIpc) is 3.13. The Labute approximate surface area is 155 Å². The molecule has 3 heterocycles. The predicted molar refractivity (Wildman–Crippen MR) is 97.5 cm³/mol. The van der Waals surface area contributed by atoms with Gasteiger partial charge in [-0.05, 0) is 24.8 Å². The van der Waals surface area contributed by atoms with Crippen molar-refractivity contribution in [3.63, 3.8) is 0 Å². The van der Waals surface area contributed by atoms with Crippen LogP contribution in [0.3, 0.4) is 0 Å². The predicted octanol–water partition coefficient (Wildman–Crippen LogP) is 5.01. The molecule has 5 nitrogen and oxygen atoms in total. The van der Waals surface area contributed by atoms with Crippen molar-refractivity contribution in [1.82, 2.24) is 19.7 Å². The largest absolute Gasteiger partial charge is 0.357 e. The number of hydrogen-bond acceptors (Lipinski definition) is 4. The second kappa shape index (κ2) is 7.12. The van der Waals surface area contributed by atoms with E-state index in [0.717, 1.165) is 36.1 Å². The van der Waals surface area contributed by atoms with Gasteiger partial charge in [0.1, 0.15) is 17.1 Å². The van der Waals surface area contributed by atoms with Gasteiger partial charge < -0.3 is 4.74 Å². The van der Waals surface area contributed by atoms with Gasteiger partial charge >= 0.3 is 0 Å². The van der Waals surface area contributed by atoms with Gasteiger partial charge in [0, 0.05) is 23.9 Å². The minimum atomic E-state index is 0.0462. The molecular weight excluding hydrogens is 359 g/mol. The minimum absolute atomic E-state index is 0.0462. The number of aromatic nitrogens is 4. The fraction of sp³-hybridized carbons (Fsp3) is 0.278. The lowest BCUT2D eigenvalue weighted by Gasteiger charge is -2.22. The molecule has 1 fully saturated rings. The van der Waals surface area contributed by atoms with E-state index in [-0.39, 0.29) is 11.4 Å². The van der Waals surface area contributed by atoms with Crippen LogP contribution in [0.25, 0.3) is 22.4 Å². The fourth-order valence-electron chi connectivity index (χ4n) is 2.94. The van der Waals surface area contributed by atoms with Gasteiger partial charge in [0.25, 0.3) is 0 Å². The van der Waals surface area contributed by atoms with E-state index in [1.54, 1.807) is 0 Å². The van der Waals surface area contributed by atoms with Crippen molar-refractivity contribution >= 4 is 23.2 Å². The number of rotatable bonds is 3. The molecule has 0 saturated carbocycles. The molecule has 0 N–H and O–H groups in total. The van der Waals surface area contributed by atoms with E-state index < -0.39 is 0 Å². The van der Waals surface area contributed by atoms with Gasteiger partial charge in [0.2, 0.25) is 0 Å². The van der Waals surface area contributed by atoms with Gasteiger partial charge in [-0.3, -0.25) is 0 Å². The third kappa shape index (κ3) is 3.54. The Hall–Kier alpha value is -1.95. The summed E-state index contributed by atoms with van der Waals surface area (Å²) in [5, 5.41) is 5.03. The molecule has 7 heteroatoms. The van der Waals surface area contributed by atoms with Crippen molar-refractivity contribution in [2.75, 3.05) is 6.61 Å². The lowest BCUT2D eigenvalue weighted by Crippen LogP contribution is -2.18. The van der Waals surface area contributed by atoms with E-state index in [1.165, 1.54) is 12.6 Å². The molecule has 0 spiro atoms. The third-order valence-electron chi connectivity index (χ3n) is 4.24. The van der Waals surface area contributed by atoms with Crippen LogP contribution in [0.1, 0.15) is 25.5 Å². The van der Waals surface area contributed by atoms with Crippen molar-refractivity contribution in [3.05, 3.63) is 53.2 Å². The molecule has 128 valence electrons. The van der Waals surface area contributed by atoms with E-state index in [9.17, 15) is 0 Å². The molecule has 1 aliphatic heterocycles. The SMILES string of the molecule is Clc1cnc(-c2ccc(-c3cnn(C4CCCCO4)c3)cc2)c(Cl)n1. The van der Waals surface area contributed by atoms with Crippen LogP contribution in [0.4, 0.5) is 0 Å². The van der Waals surface area contributed by atoms with Crippen molar-refractivity contribution in [2.45, 2.75) is 25.5 Å².